The maximum atomic E-state index is 13.3. The Morgan fingerprint density at radius 2 is 1.79 bits per heavy atom. The van der Waals surface area contributed by atoms with Crippen LogP contribution in [0.4, 0.5) is 5.69 Å². The van der Waals surface area contributed by atoms with Crippen molar-refractivity contribution in [2.24, 2.45) is 0 Å². The summed E-state index contributed by atoms with van der Waals surface area (Å²) in [4.78, 5) is 16.8. The Morgan fingerprint density at radius 1 is 1.06 bits per heavy atom. The molecule has 1 aliphatic carbocycles. The van der Waals surface area contributed by atoms with E-state index >= 15 is 0 Å². The number of hydrogen-bond donors (Lipinski definition) is 2. The second kappa shape index (κ2) is 10.1. The highest BCUT2D eigenvalue weighted by Gasteiger charge is 2.25. The molecule has 1 aliphatic heterocycles. The van der Waals surface area contributed by atoms with Gasteiger partial charge in [0.25, 0.3) is 10.0 Å². The first-order chi connectivity index (χ1) is 15.8. The van der Waals surface area contributed by atoms with E-state index in [2.05, 4.69) is 21.6 Å². The number of nitrogens with one attached hydrogen (secondary N) is 1. The third-order valence-electron chi connectivity index (χ3n) is 6.46. The number of likely N-dealkylation sites (N-methyl/N-ethyl adjacent to an activating group) is 1. The number of aromatic carboxylic acids is 1. The molecule has 2 aromatic rings. The lowest BCUT2D eigenvalue weighted by Crippen LogP contribution is -2.44. The van der Waals surface area contributed by atoms with Crippen molar-refractivity contribution in [2.45, 2.75) is 30.6 Å². The van der Waals surface area contributed by atoms with Gasteiger partial charge in [0.15, 0.2) is 0 Å². The molecule has 0 bridgehead atoms. The highest BCUT2D eigenvalue weighted by molar-refractivity contribution is 7.92. The number of carboxylic acid groups (broad SMARTS) is 1. The standard InChI is InChI=1S/C25H31N3O4S/c1-27-15-17-28(18-16-27)14-6-9-20-8-3-5-11-23(20)33(31,32)26-22-13-12-19-7-2-4-10-21(19)24(22)25(29)30/h3,5-6,8-9,11-13,26H,2,4,7,10,14-18H2,1H3,(H,29,30). The second-order valence-corrected chi connectivity index (χ2v) is 10.4. The van der Waals surface area contributed by atoms with Gasteiger partial charge in [-0.25, -0.2) is 13.2 Å². The summed E-state index contributed by atoms with van der Waals surface area (Å²) in [6.07, 6.45) is 7.22. The lowest BCUT2D eigenvalue weighted by molar-refractivity contribution is 0.0696. The van der Waals surface area contributed by atoms with Crippen molar-refractivity contribution in [1.29, 1.82) is 0 Å². The molecule has 4 rings (SSSR count). The Kier molecular flexibility index (Phi) is 7.17. The molecule has 2 aliphatic rings. The first-order valence-electron chi connectivity index (χ1n) is 11.4. The van der Waals surface area contributed by atoms with Crippen molar-refractivity contribution in [1.82, 2.24) is 9.80 Å². The van der Waals surface area contributed by atoms with E-state index in [0.29, 0.717) is 12.0 Å². The number of anilines is 1. The van der Waals surface area contributed by atoms with Gasteiger partial charge in [0.05, 0.1) is 16.1 Å². The van der Waals surface area contributed by atoms with Crippen LogP contribution in [-0.4, -0.2) is 69.1 Å². The monoisotopic (exact) mass is 469 g/mol. The summed E-state index contributed by atoms with van der Waals surface area (Å²) >= 11 is 0. The van der Waals surface area contributed by atoms with Crippen LogP contribution in [-0.2, 0) is 22.9 Å². The minimum absolute atomic E-state index is 0.0684. The van der Waals surface area contributed by atoms with Gasteiger partial charge in [-0.1, -0.05) is 36.4 Å². The number of sulfonamides is 1. The van der Waals surface area contributed by atoms with Crippen LogP contribution in [0.1, 0.15) is 39.9 Å². The maximum absolute atomic E-state index is 13.3. The quantitative estimate of drug-likeness (QED) is 0.647. The maximum Gasteiger partial charge on any atom is 0.338 e. The van der Waals surface area contributed by atoms with Crippen LogP contribution in [0.15, 0.2) is 47.4 Å². The molecule has 0 spiro atoms. The molecule has 176 valence electrons. The van der Waals surface area contributed by atoms with Crippen molar-refractivity contribution in [3.8, 4) is 0 Å². The number of carbonyl (C=O) groups is 1. The first-order valence-corrected chi connectivity index (χ1v) is 12.9. The predicted molar refractivity (Wildman–Crippen MR) is 130 cm³/mol. The minimum Gasteiger partial charge on any atom is -0.478 e. The number of hydrogen-bond acceptors (Lipinski definition) is 5. The van der Waals surface area contributed by atoms with Crippen LogP contribution in [0.2, 0.25) is 0 Å². The fourth-order valence-corrected chi connectivity index (χ4v) is 5.85. The lowest BCUT2D eigenvalue weighted by atomic mass is 9.87. The molecule has 7 nitrogen and oxygen atoms in total. The summed E-state index contributed by atoms with van der Waals surface area (Å²) in [5.41, 5.74) is 2.51. The van der Waals surface area contributed by atoms with Crippen molar-refractivity contribution >= 4 is 27.8 Å². The van der Waals surface area contributed by atoms with Crippen LogP contribution < -0.4 is 4.72 Å². The summed E-state index contributed by atoms with van der Waals surface area (Å²) in [7, 11) is -1.86. The third kappa shape index (κ3) is 5.46. The van der Waals surface area contributed by atoms with Crippen molar-refractivity contribution in [3.05, 3.63) is 64.7 Å². The van der Waals surface area contributed by atoms with Crippen molar-refractivity contribution in [3.63, 3.8) is 0 Å². The van der Waals surface area contributed by atoms with E-state index in [1.165, 1.54) is 0 Å². The SMILES string of the molecule is CN1CCN(CC=Cc2ccccc2S(=O)(=O)Nc2ccc3c(c2C(=O)O)CCCC3)CC1. The second-order valence-electron chi connectivity index (χ2n) is 8.79. The van der Waals surface area contributed by atoms with Crippen LogP contribution in [0.25, 0.3) is 6.08 Å². The third-order valence-corrected chi connectivity index (χ3v) is 7.90. The van der Waals surface area contributed by atoms with E-state index in [1.807, 2.05) is 18.2 Å². The molecule has 0 amide bonds. The molecule has 8 heteroatoms. The zero-order chi connectivity index (χ0) is 23.4. The molecule has 1 fully saturated rings. The molecular formula is C25H31N3O4S. The summed E-state index contributed by atoms with van der Waals surface area (Å²) in [5, 5.41) is 9.85. The van der Waals surface area contributed by atoms with E-state index < -0.39 is 16.0 Å². The summed E-state index contributed by atoms with van der Waals surface area (Å²) in [5.74, 6) is -1.10. The Balaban J connectivity index is 1.57. The van der Waals surface area contributed by atoms with E-state index in [0.717, 1.165) is 63.1 Å². The Labute approximate surface area is 195 Å². The zero-order valence-electron chi connectivity index (χ0n) is 19.0. The molecular weight excluding hydrogens is 438 g/mol. The van der Waals surface area contributed by atoms with Gasteiger partial charge in [0.2, 0.25) is 0 Å². The van der Waals surface area contributed by atoms with E-state index in [9.17, 15) is 18.3 Å². The van der Waals surface area contributed by atoms with Gasteiger partial charge in [-0.15, -0.1) is 0 Å². The molecule has 0 saturated carbocycles. The Morgan fingerprint density at radius 3 is 2.55 bits per heavy atom. The van der Waals surface area contributed by atoms with Gasteiger partial charge in [-0.05, 0) is 61.6 Å². The number of rotatable bonds is 7. The van der Waals surface area contributed by atoms with Crippen LogP contribution in [0, 0.1) is 0 Å². The van der Waals surface area contributed by atoms with Gasteiger partial charge in [-0.3, -0.25) is 9.62 Å². The van der Waals surface area contributed by atoms with E-state index in [-0.39, 0.29) is 16.1 Å². The number of nitrogens with zero attached hydrogens (tertiary/aromatic N) is 2. The Hall–Kier alpha value is -2.68. The van der Waals surface area contributed by atoms with Crippen LogP contribution >= 0.6 is 0 Å². The van der Waals surface area contributed by atoms with Crippen molar-refractivity contribution in [2.75, 3.05) is 44.5 Å². The lowest BCUT2D eigenvalue weighted by Gasteiger charge is -2.31. The predicted octanol–water partition coefficient (Wildman–Crippen LogP) is 3.33. The minimum atomic E-state index is -3.97. The van der Waals surface area contributed by atoms with E-state index in [1.54, 1.807) is 30.3 Å². The summed E-state index contributed by atoms with van der Waals surface area (Å²) in [6.45, 7) is 4.77. The normalized spacial score (nSPS) is 17.7. The van der Waals surface area contributed by atoms with Crippen molar-refractivity contribution < 1.29 is 18.3 Å². The van der Waals surface area contributed by atoms with Gasteiger partial charge >= 0.3 is 5.97 Å². The zero-order valence-corrected chi connectivity index (χ0v) is 19.8. The highest BCUT2D eigenvalue weighted by atomic mass is 32.2. The Bertz CT molecular complexity index is 1150. The number of fused-ring (bicyclic) bond motifs is 1. The van der Waals surface area contributed by atoms with Gasteiger partial charge in [-0.2, -0.15) is 0 Å². The highest BCUT2D eigenvalue weighted by Crippen LogP contribution is 2.31. The molecule has 2 N–H and O–H groups in total. The average Bonchev–Trinajstić information content (AvgIpc) is 2.80. The topological polar surface area (TPSA) is 90.0 Å². The molecule has 0 aromatic heterocycles. The fourth-order valence-electron chi connectivity index (χ4n) is 4.58. The average molecular weight is 470 g/mol. The molecule has 2 aromatic carbocycles. The number of carboxylic acids is 1. The molecule has 0 unspecified atom stereocenters. The molecule has 33 heavy (non-hydrogen) atoms. The van der Waals surface area contributed by atoms with Crippen LogP contribution in [0.5, 0.6) is 0 Å². The molecule has 0 atom stereocenters. The largest absolute Gasteiger partial charge is 0.478 e. The first kappa shape index (κ1) is 23.5. The number of piperazine rings is 1. The van der Waals surface area contributed by atoms with Gasteiger partial charge in [0, 0.05) is 32.7 Å². The van der Waals surface area contributed by atoms with Crippen LogP contribution in [0.3, 0.4) is 0 Å². The smallest absolute Gasteiger partial charge is 0.338 e. The molecule has 0 radical (unpaired) electrons. The fraction of sp³-hybridized carbons (Fsp3) is 0.400. The summed E-state index contributed by atoms with van der Waals surface area (Å²) < 4.78 is 29.2. The van der Waals surface area contributed by atoms with Gasteiger partial charge < -0.3 is 10.0 Å². The summed E-state index contributed by atoms with van der Waals surface area (Å²) in [6, 6.07) is 10.2. The number of benzene rings is 2. The van der Waals surface area contributed by atoms with E-state index in [4.69, 9.17) is 0 Å². The van der Waals surface area contributed by atoms with Gasteiger partial charge in [0.1, 0.15) is 0 Å². The number of aryl methyl sites for hydroxylation is 1. The molecule has 1 saturated heterocycles. The molecule has 1 heterocycles.